The predicted octanol–water partition coefficient (Wildman–Crippen LogP) is 2.83. The third-order valence-electron chi connectivity index (χ3n) is 1.79. The van der Waals surface area contributed by atoms with Crippen molar-refractivity contribution in [3.05, 3.63) is 60.4 Å². The summed E-state index contributed by atoms with van der Waals surface area (Å²) >= 11 is 0. The van der Waals surface area contributed by atoms with Gasteiger partial charge in [0, 0.05) is 6.20 Å². The minimum atomic E-state index is 0.872. The second-order valence-electron chi connectivity index (χ2n) is 2.85. The molecule has 0 atom stereocenters. The fourth-order valence-corrected chi connectivity index (χ4v) is 1.11. The molecule has 0 amide bonds. The number of benzene rings is 1. The molecule has 0 spiro atoms. The van der Waals surface area contributed by atoms with Gasteiger partial charge in [-0.15, -0.1) is 0 Å². The second kappa shape index (κ2) is 4.33. The van der Waals surface area contributed by atoms with Crippen LogP contribution >= 0.6 is 0 Å². The lowest BCUT2D eigenvalue weighted by molar-refractivity contribution is 1.30. The zero-order valence-electron chi connectivity index (χ0n) is 7.67. The predicted molar refractivity (Wildman–Crippen MR) is 57.9 cm³/mol. The average molecular weight is 182 g/mol. The Kier molecular flexibility index (Phi) is 2.67. The molecule has 0 aliphatic heterocycles. The molecular formula is C12H10N2. The Balaban J connectivity index is 2.16. The van der Waals surface area contributed by atoms with Crippen LogP contribution in [0.2, 0.25) is 0 Å². The Hall–Kier alpha value is -1.96. The van der Waals surface area contributed by atoms with Crippen LogP contribution in [0.3, 0.4) is 0 Å². The van der Waals surface area contributed by atoms with Crippen LogP contribution in [0.25, 0.3) is 0 Å². The molecule has 0 aliphatic rings. The summed E-state index contributed by atoms with van der Waals surface area (Å²) in [5.74, 6) is 0. The van der Waals surface area contributed by atoms with Gasteiger partial charge < -0.3 is 0 Å². The van der Waals surface area contributed by atoms with Crippen LogP contribution < -0.4 is 0 Å². The largest absolute Gasteiger partial charge is 0.255 e. The summed E-state index contributed by atoms with van der Waals surface area (Å²) in [6.07, 6.45) is 3.52. The quantitative estimate of drug-likeness (QED) is 0.655. The van der Waals surface area contributed by atoms with E-state index in [-0.39, 0.29) is 0 Å². The van der Waals surface area contributed by atoms with E-state index in [2.05, 4.69) is 9.98 Å². The minimum Gasteiger partial charge on any atom is -0.255 e. The molecule has 0 fully saturated rings. The first-order chi connectivity index (χ1) is 6.95. The number of hydrogen-bond donors (Lipinski definition) is 0. The van der Waals surface area contributed by atoms with Gasteiger partial charge in [0.1, 0.15) is 0 Å². The Morgan fingerprint density at radius 1 is 0.929 bits per heavy atom. The van der Waals surface area contributed by atoms with Gasteiger partial charge in [-0.25, -0.2) is 0 Å². The van der Waals surface area contributed by atoms with Crippen LogP contribution in [0, 0.1) is 0 Å². The lowest BCUT2D eigenvalue weighted by atomic mass is 10.3. The van der Waals surface area contributed by atoms with E-state index >= 15 is 0 Å². The Bertz CT molecular complexity index is 365. The maximum Gasteiger partial charge on any atom is 0.0812 e. The van der Waals surface area contributed by atoms with E-state index in [1.165, 1.54) is 0 Å². The summed E-state index contributed by atoms with van der Waals surface area (Å²) in [7, 11) is 0. The van der Waals surface area contributed by atoms with Crippen molar-refractivity contribution < 1.29 is 0 Å². The third-order valence-corrected chi connectivity index (χ3v) is 1.79. The van der Waals surface area contributed by atoms with E-state index in [4.69, 9.17) is 0 Å². The van der Waals surface area contributed by atoms with E-state index in [0.717, 1.165) is 11.4 Å². The third kappa shape index (κ3) is 2.26. The maximum absolute atomic E-state index is 4.29. The first-order valence-corrected chi connectivity index (χ1v) is 4.45. The first-order valence-electron chi connectivity index (χ1n) is 4.45. The van der Waals surface area contributed by atoms with Gasteiger partial charge in [-0.2, -0.15) is 0 Å². The SMILES string of the molecule is C(=N\c1ccccc1)/c1ccccn1. The van der Waals surface area contributed by atoms with Crippen LogP contribution in [0.5, 0.6) is 0 Å². The Morgan fingerprint density at radius 3 is 2.43 bits per heavy atom. The molecule has 2 rings (SSSR count). The summed E-state index contributed by atoms with van der Waals surface area (Å²) in [5.41, 5.74) is 1.81. The second-order valence-corrected chi connectivity index (χ2v) is 2.85. The Morgan fingerprint density at radius 2 is 1.71 bits per heavy atom. The number of nitrogens with zero attached hydrogens (tertiary/aromatic N) is 2. The standard InChI is InChI=1S/C12H10N2/c1-2-6-11(7-3-1)14-10-12-8-4-5-9-13-12/h1-10H/b14-10+. The van der Waals surface area contributed by atoms with Crippen LogP contribution in [0.4, 0.5) is 5.69 Å². The van der Waals surface area contributed by atoms with E-state index in [0.29, 0.717) is 0 Å². The summed E-state index contributed by atoms with van der Waals surface area (Å²) < 4.78 is 0. The first kappa shape index (κ1) is 8.63. The number of aliphatic imine (C=N–C) groups is 1. The molecule has 2 aromatic rings. The number of para-hydroxylation sites is 1. The van der Waals surface area contributed by atoms with Crippen molar-refractivity contribution in [1.29, 1.82) is 0 Å². The van der Waals surface area contributed by atoms with E-state index in [1.807, 2.05) is 48.5 Å². The molecular weight excluding hydrogens is 172 g/mol. The normalized spacial score (nSPS) is 10.6. The summed E-state index contributed by atoms with van der Waals surface area (Å²) in [4.78, 5) is 8.43. The smallest absolute Gasteiger partial charge is 0.0812 e. The van der Waals surface area contributed by atoms with Crippen LogP contribution in [-0.2, 0) is 0 Å². The summed E-state index contributed by atoms with van der Waals surface area (Å²) in [5, 5.41) is 0. The van der Waals surface area contributed by atoms with Crippen molar-refractivity contribution >= 4 is 11.9 Å². The van der Waals surface area contributed by atoms with Crippen LogP contribution in [-0.4, -0.2) is 11.2 Å². The van der Waals surface area contributed by atoms with Gasteiger partial charge in [0.15, 0.2) is 0 Å². The van der Waals surface area contributed by atoms with Crippen molar-refractivity contribution in [2.75, 3.05) is 0 Å². The number of pyridine rings is 1. The highest BCUT2D eigenvalue weighted by Crippen LogP contribution is 2.08. The van der Waals surface area contributed by atoms with Gasteiger partial charge in [0.2, 0.25) is 0 Å². The molecule has 0 unspecified atom stereocenters. The van der Waals surface area contributed by atoms with Gasteiger partial charge in [0.25, 0.3) is 0 Å². The molecule has 0 saturated carbocycles. The Labute approximate surface area is 83.0 Å². The molecule has 0 N–H and O–H groups in total. The zero-order chi connectivity index (χ0) is 9.64. The van der Waals surface area contributed by atoms with E-state index in [1.54, 1.807) is 12.4 Å². The molecule has 68 valence electrons. The highest BCUT2D eigenvalue weighted by Gasteiger charge is 1.86. The highest BCUT2D eigenvalue weighted by atomic mass is 14.8. The topological polar surface area (TPSA) is 25.2 Å². The van der Waals surface area contributed by atoms with Crippen molar-refractivity contribution in [3.63, 3.8) is 0 Å². The van der Waals surface area contributed by atoms with E-state index in [9.17, 15) is 0 Å². The summed E-state index contributed by atoms with van der Waals surface area (Å²) in [6, 6.07) is 15.6. The van der Waals surface area contributed by atoms with Gasteiger partial charge >= 0.3 is 0 Å². The number of aromatic nitrogens is 1. The maximum atomic E-state index is 4.29. The lowest BCUT2D eigenvalue weighted by Crippen LogP contribution is -1.83. The lowest BCUT2D eigenvalue weighted by Gasteiger charge is -1.91. The zero-order valence-corrected chi connectivity index (χ0v) is 7.67. The van der Waals surface area contributed by atoms with Crippen LogP contribution in [0.15, 0.2) is 59.7 Å². The van der Waals surface area contributed by atoms with Crippen LogP contribution in [0.1, 0.15) is 5.69 Å². The monoisotopic (exact) mass is 182 g/mol. The minimum absolute atomic E-state index is 0.872. The highest BCUT2D eigenvalue weighted by molar-refractivity contribution is 5.79. The molecule has 14 heavy (non-hydrogen) atoms. The van der Waals surface area contributed by atoms with Crippen molar-refractivity contribution in [2.45, 2.75) is 0 Å². The molecule has 0 radical (unpaired) electrons. The van der Waals surface area contributed by atoms with Gasteiger partial charge in [-0.3, -0.25) is 9.98 Å². The van der Waals surface area contributed by atoms with Crippen molar-refractivity contribution in [1.82, 2.24) is 4.98 Å². The molecule has 2 nitrogen and oxygen atoms in total. The van der Waals surface area contributed by atoms with E-state index < -0.39 is 0 Å². The van der Waals surface area contributed by atoms with Crippen molar-refractivity contribution in [3.8, 4) is 0 Å². The van der Waals surface area contributed by atoms with Crippen molar-refractivity contribution in [2.24, 2.45) is 4.99 Å². The number of rotatable bonds is 2. The summed E-state index contributed by atoms with van der Waals surface area (Å²) in [6.45, 7) is 0. The average Bonchev–Trinajstić information content (AvgIpc) is 2.29. The molecule has 1 heterocycles. The molecule has 1 aromatic carbocycles. The molecule has 1 aromatic heterocycles. The molecule has 2 heteroatoms. The van der Waals surface area contributed by atoms with Gasteiger partial charge in [-0.1, -0.05) is 24.3 Å². The fourth-order valence-electron chi connectivity index (χ4n) is 1.11. The van der Waals surface area contributed by atoms with Gasteiger partial charge in [0.05, 0.1) is 17.6 Å². The molecule has 0 saturated heterocycles. The fraction of sp³-hybridized carbons (Fsp3) is 0. The van der Waals surface area contributed by atoms with Gasteiger partial charge in [-0.05, 0) is 24.3 Å². The molecule has 0 aliphatic carbocycles. The number of hydrogen-bond acceptors (Lipinski definition) is 2. The molecule has 0 bridgehead atoms.